The Hall–Kier alpha value is -19.4. The second-order valence-electron chi connectivity index (χ2n) is 31.4. The van der Waals surface area contributed by atoms with Crippen molar-refractivity contribution in [3.63, 3.8) is 0 Å². The molecule has 14 rings (SSSR count). The molecule has 0 spiro atoms. The summed E-state index contributed by atoms with van der Waals surface area (Å²) < 4.78 is 0. The van der Waals surface area contributed by atoms with E-state index >= 15 is 0 Å². The Balaban J connectivity index is 0.000000205. The lowest BCUT2D eigenvalue weighted by molar-refractivity contribution is 0.403. The van der Waals surface area contributed by atoms with Crippen LogP contribution in [0.5, 0.6) is 80.5 Å². The molecule has 0 saturated carbocycles. The molecule has 14 aromatic rings. The molecule has 0 radical (unpaired) electrons. The highest BCUT2D eigenvalue weighted by molar-refractivity contribution is 5.53. The molecule has 766 valence electrons. The van der Waals surface area contributed by atoms with Crippen LogP contribution >= 0.6 is 0 Å². The van der Waals surface area contributed by atoms with E-state index in [1.54, 1.807) is 95.2 Å². The van der Waals surface area contributed by atoms with Crippen LogP contribution in [0.2, 0.25) is 0 Å². The van der Waals surface area contributed by atoms with E-state index in [1.807, 2.05) is 68.3 Å². The molecule has 0 aliphatic heterocycles. The summed E-state index contributed by atoms with van der Waals surface area (Å²) in [5.74, 6) is 4.89. The first-order chi connectivity index (χ1) is 68.4. The molecule has 36 N–H and O–H groups in total. The average molecular weight is 1990 g/mol. The molecule has 7 heterocycles. The molecule has 0 unspecified atom stereocenters. The number of hydrogen-bond donors (Lipinski definition) is 29. The number of nitrogens with two attached hydrogens (primary N) is 7. The van der Waals surface area contributed by atoms with E-state index in [-0.39, 0.29) is 122 Å². The summed E-state index contributed by atoms with van der Waals surface area (Å²) in [6.07, 6.45) is 3.17. The van der Waals surface area contributed by atoms with Crippen molar-refractivity contribution in [2.24, 2.45) is 0 Å². The Bertz CT molecular complexity index is 6460. The Morgan fingerprint density at radius 2 is 0.396 bits per heavy atom. The molecule has 144 heavy (non-hydrogen) atoms. The van der Waals surface area contributed by atoms with Crippen LogP contribution in [0, 0.1) is 0 Å². The van der Waals surface area contributed by atoms with E-state index in [9.17, 15) is 71.5 Å². The van der Waals surface area contributed by atoms with Crippen molar-refractivity contribution in [2.75, 3.05) is 236 Å². The summed E-state index contributed by atoms with van der Waals surface area (Å²) in [4.78, 5) is 95.9. The maximum Gasteiger partial charge on any atom is 0.231 e. The molecule has 0 atom stereocenters. The fourth-order valence-electron chi connectivity index (χ4n) is 11.6. The van der Waals surface area contributed by atoms with Gasteiger partial charge in [-0.3, -0.25) is 0 Å². The highest BCUT2D eigenvalue weighted by atomic mass is 16.3. The first-order valence-electron chi connectivity index (χ1n) is 43.4. The predicted molar refractivity (Wildman–Crippen MR) is 549 cm³/mol. The van der Waals surface area contributed by atoms with Crippen LogP contribution in [0.4, 0.5) is 125 Å². The third kappa shape index (κ3) is 36.3. The number of rotatable bonds is 33. The van der Waals surface area contributed by atoms with E-state index in [0.29, 0.717) is 161 Å². The Morgan fingerprint density at radius 3 is 0.701 bits per heavy atom. The largest absolute Gasteiger partial charge is 0.504 e. The maximum atomic E-state index is 9.50. The van der Waals surface area contributed by atoms with Crippen LogP contribution in [0.25, 0.3) is 0 Å². The van der Waals surface area contributed by atoms with Crippen LogP contribution in [0.15, 0.2) is 127 Å². The highest BCUT2D eigenvalue weighted by Gasteiger charge is 2.18. The topological polar surface area (TPSA) is 852 Å². The third-order valence-electron chi connectivity index (χ3n) is 19.2. The first-order valence-corrected chi connectivity index (χ1v) is 43.4. The number of nitrogen functional groups attached to an aromatic ring is 7. The monoisotopic (exact) mass is 1990 g/mol. The number of phenolic OH excluding ortho intramolecular Hbond substituents is 14. The van der Waals surface area contributed by atoms with Crippen molar-refractivity contribution >= 4 is 125 Å². The third-order valence-corrected chi connectivity index (χ3v) is 19.2. The summed E-state index contributed by atoms with van der Waals surface area (Å²) in [7, 11) is 23.5. The quantitative estimate of drug-likeness (QED) is 0.0259. The second-order valence-corrected chi connectivity index (χ2v) is 31.4. The molecule has 7 aromatic carbocycles. The van der Waals surface area contributed by atoms with E-state index in [4.69, 9.17) is 40.1 Å². The van der Waals surface area contributed by atoms with Crippen molar-refractivity contribution in [2.45, 2.75) is 45.2 Å². The Kier molecular flexibility index (Phi) is 40.7. The molecular formula is C88H120N42O14. The number of aromatic nitrogens is 21. The van der Waals surface area contributed by atoms with E-state index in [1.165, 1.54) is 84.9 Å². The molecular weight excluding hydrogens is 1870 g/mol. The molecule has 7 aromatic heterocycles. The van der Waals surface area contributed by atoms with Crippen molar-refractivity contribution in [1.82, 2.24) is 105 Å². The van der Waals surface area contributed by atoms with Crippen LogP contribution in [-0.2, 0) is 45.2 Å². The van der Waals surface area contributed by atoms with Crippen molar-refractivity contribution < 1.29 is 71.5 Å². The van der Waals surface area contributed by atoms with E-state index in [0.717, 1.165) is 38.9 Å². The van der Waals surface area contributed by atoms with Gasteiger partial charge in [0.1, 0.15) is 0 Å². The number of aromatic hydroxyl groups is 14. The van der Waals surface area contributed by atoms with Gasteiger partial charge in [-0.1, -0.05) is 42.5 Å². The lowest BCUT2D eigenvalue weighted by atomic mass is 10.1. The first kappa shape index (κ1) is 110. The number of anilines is 21. The Labute approximate surface area is 825 Å². The zero-order valence-electron chi connectivity index (χ0n) is 81.0. The lowest BCUT2D eigenvalue weighted by Gasteiger charge is -2.17. The predicted octanol–water partition coefficient (Wildman–Crippen LogP) is 3.99. The number of nitrogens with one attached hydrogen (secondary N) is 8. The summed E-state index contributed by atoms with van der Waals surface area (Å²) in [5, 5.41) is 154. The molecule has 0 amide bonds. The lowest BCUT2D eigenvalue weighted by Crippen LogP contribution is -2.23. The summed E-state index contributed by atoms with van der Waals surface area (Å²) in [6.45, 7) is 3.67. The molecule has 56 heteroatoms. The fourth-order valence-corrected chi connectivity index (χ4v) is 11.6. The van der Waals surface area contributed by atoms with E-state index < -0.39 is 0 Å². The molecule has 0 fully saturated rings. The number of hydrogen-bond acceptors (Lipinski definition) is 56. The smallest absolute Gasteiger partial charge is 0.231 e. The molecule has 0 saturated heterocycles. The van der Waals surface area contributed by atoms with Gasteiger partial charge in [-0.05, 0) is 156 Å². The summed E-state index contributed by atoms with van der Waals surface area (Å²) in [5.41, 5.74) is 44.7. The van der Waals surface area contributed by atoms with Crippen molar-refractivity contribution in [3.05, 3.63) is 166 Å². The van der Waals surface area contributed by atoms with Crippen LogP contribution < -0.4 is 112 Å². The van der Waals surface area contributed by atoms with Gasteiger partial charge < -0.3 is 184 Å². The van der Waals surface area contributed by atoms with Gasteiger partial charge in [-0.15, -0.1) is 0 Å². The van der Waals surface area contributed by atoms with Crippen molar-refractivity contribution in [1.29, 1.82) is 0 Å². The van der Waals surface area contributed by atoms with Crippen LogP contribution in [-0.4, -0.2) is 300 Å². The zero-order chi connectivity index (χ0) is 106. The van der Waals surface area contributed by atoms with Gasteiger partial charge in [0, 0.05) is 137 Å². The van der Waals surface area contributed by atoms with Gasteiger partial charge in [-0.2, -0.15) is 105 Å². The van der Waals surface area contributed by atoms with E-state index in [2.05, 4.69) is 147 Å². The minimum atomic E-state index is -0.158. The zero-order valence-corrected chi connectivity index (χ0v) is 81.0. The standard InChI is InChI=1S/C14H20N6O2.3C13H18N6O2.2C12H16N6O2.C11H14N6O2/c1-19(2)13-16-12(17-14(18-13)20(3)4)15-8-9-5-6-10(21)11(22)7-9;1-14-11-16-12(18-13(17-11)19(2)3)15-7-8-4-5-9(20)10(21)6-8;1-19(2)13-17-11(14)16-12(18-13)15-6-5-8-3-4-9(20)10(21)7-8;1-15-12-16-11(14)17-13(18-12)19(2)6-5-8-3-4-9(20)10(21)7-8;1-18(12-16-10(13)15-11(14)17-12)5-4-7-2-3-8(19)9(20)6-7;1-14-11-16-10(13)17-12(18-11)15-5-4-7-2-3-8(19)9(20)6-7;12-9-15-10(13)17-11(16-9)14-4-3-6-1-2-7(18)8(19)5-6/h5-7,21-22H,8H2,1-4H3,(H,15,16,17,18);4-6,20-21H,7H2,1-3H3,(H2,14,15,16,17,18);2*3-4,7,20-21H,5-6H2,1-2H3,(H3,14,15,16,17,18);2-3,6,19-20H,4-5H2,1H3,(H4,13,14,15,16,17);2-3,6,19-20H,4-5H2,1H3,(H4,13,14,15,16,17,18);1-2,5,18-19H,3-4H2,(H5,12,13,14,15,16,17). The minimum Gasteiger partial charge on any atom is -0.504 e. The maximum absolute atomic E-state index is 9.50. The number of phenols is 14. The Morgan fingerprint density at radius 1 is 0.201 bits per heavy atom. The van der Waals surface area contributed by atoms with Gasteiger partial charge in [-0.25, -0.2) is 0 Å². The van der Waals surface area contributed by atoms with Gasteiger partial charge in [0.05, 0.1) is 0 Å². The molecule has 0 aliphatic rings. The number of benzene rings is 7. The van der Waals surface area contributed by atoms with Crippen LogP contribution in [0.1, 0.15) is 38.9 Å². The van der Waals surface area contributed by atoms with Gasteiger partial charge in [0.2, 0.25) is 125 Å². The normalized spacial score (nSPS) is 10.3. The highest BCUT2D eigenvalue weighted by Crippen LogP contribution is 2.33. The SMILES string of the molecule is CN(C)c1nc(N)nc(NCCc2ccc(O)c(O)c2)n1.CN(C)c1nc(NCc2ccc(O)c(O)c2)nc(N(C)C)n1.CN(CCc1ccc(O)c(O)c1)c1nc(N)nc(N)n1.CNc1nc(N)nc(N(C)CCc2ccc(O)c(O)c2)n1.CNc1nc(N)nc(NCCc2ccc(O)c(O)c2)n1.CNc1nc(NCc2ccc(O)c(O)c2)nc(N(C)C)n1.Nc1nc(N)nc(NCCc2ccc(O)c(O)c2)n1. The molecule has 0 bridgehead atoms. The number of nitrogens with zero attached hydrogens (tertiary/aromatic N) is 27. The van der Waals surface area contributed by atoms with Gasteiger partial charge in [0.25, 0.3) is 0 Å². The van der Waals surface area contributed by atoms with Crippen LogP contribution in [0.3, 0.4) is 0 Å². The fraction of sp³-hybridized carbons (Fsp3) is 0.284. The molecule has 56 nitrogen and oxygen atoms in total. The van der Waals surface area contributed by atoms with Gasteiger partial charge >= 0.3 is 0 Å². The number of likely N-dealkylation sites (N-methyl/N-ethyl adjacent to an activating group) is 2. The average Bonchev–Trinajstić information content (AvgIpc) is 0.823. The second kappa shape index (κ2) is 53.4. The summed E-state index contributed by atoms with van der Waals surface area (Å²) in [6, 6.07) is 32.8. The molecule has 0 aliphatic carbocycles. The van der Waals surface area contributed by atoms with Gasteiger partial charge in [0.15, 0.2) is 80.5 Å². The summed E-state index contributed by atoms with van der Waals surface area (Å²) >= 11 is 0. The van der Waals surface area contributed by atoms with Crippen molar-refractivity contribution in [3.8, 4) is 80.5 Å². The minimum absolute atomic E-state index is 0.0530.